The van der Waals surface area contributed by atoms with Crippen LogP contribution in [0.2, 0.25) is 0 Å². The summed E-state index contributed by atoms with van der Waals surface area (Å²) in [4.78, 5) is 96.8. The zero-order valence-corrected chi connectivity index (χ0v) is 53.0. The van der Waals surface area contributed by atoms with Crippen molar-refractivity contribution in [3.05, 3.63) is 0 Å². The van der Waals surface area contributed by atoms with E-state index in [1.807, 2.05) is 19.0 Å². The maximum absolute atomic E-state index is 13.8. The number of carbonyl (C=O) groups is 7. The minimum absolute atomic E-state index is 0.00175. The van der Waals surface area contributed by atoms with Crippen molar-refractivity contribution in [1.82, 2.24) is 14.7 Å². The Labute approximate surface area is 493 Å². The number of hydrogen-bond donors (Lipinski definition) is 0. The number of hydrogen-bond acceptors (Lipinski definition) is 14. The van der Waals surface area contributed by atoms with Crippen LogP contribution in [0.5, 0.6) is 0 Å². The summed E-state index contributed by atoms with van der Waals surface area (Å²) >= 11 is 0. The summed E-state index contributed by atoms with van der Waals surface area (Å²) in [6.45, 7) is 9.27. The molecule has 2 amide bonds. The van der Waals surface area contributed by atoms with Crippen molar-refractivity contribution in [1.29, 1.82) is 0 Å². The summed E-state index contributed by atoms with van der Waals surface area (Å²) in [5.74, 6) is -3.86. The highest BCUT2D eigenvalue weighted by Crippen LogP contribution is 2.17. The second kappa shape index (κ2) is 56.5. The van der Waals surface area contributed by atoms with Gasteiger partial charge in [-0.05, 0) is 52.7 Å². The Morgan fingerprint density at radius 3 is 0.815 bits per heavy atom. The normalized spacial score (nSPS) is 11.3. The van der Waals surface area contributed by atoms with E-state index in [2.05, 4.69) is 27.7 Å². The molecule has 0 aromatic carbocycles. The monoisotopic (exact) mass is 1150 g/mol. The average molecular weight is 1150 g/mol. The number of unbranched alkanes of at least 4 members (excludes halogenated alkanes) is 28. The SMILES string of the molecule is CCCCCCCCCCC(=O)OCC(COC(=O)CCCCCCCCCC)CC(=O)OCCN(CCOC(=O)CC(COC(=O)CCCCCCCCCC)COC(=O)CCCCCCCCCC)C(=O)N(C)CCCN(C)C. The fourth-order valence-electron chi connectivity index (χ4n) is 9.47. The van der Waals surface area contributed by atoms with Crippen molar-refractivity contribution in [3.8, 4) is 0 Å². The van der Waals surface area contributed by atoms with Crippen LogP contribution in [0.25, 0.3) is 0 Å². The number of amides is 2. The zero-order valence-electron chi connectivity index (χ0n) is 53.0. The molecule has 474 valence electrons. The van der Waals surface area contributed by atoms with E-state index in [0.717, 1.165) is 116 Å². The molecule has 16 heteroatoms. The van der Waals surface area contributed by atoms with Gasteiger partial charge < -0.3 is 43.1 Å². The topological polar surface area (TPSA) is 185 Å². The van der Waals surface area contributed by atoms with Crippen molar-refractivity contribution in [2.24, 2.45) is 11.8 Å². The minimum atomic E-state index is -0.622. The molecule has 0 saturated carbocycles. The van der Waals surface area contributed by atoms with Crippen LogP contribution in [0.15, 0.2) is 0 Å². The van der Waals surface area contributed by atoms with E-state index in [4.69, 9.17) is 28.4 Å². The van der Waals surface area contributed by atoms with Gasteiger partial charge in [-0.3, -0.25) is 28.8 Å². The number of nitrogens with zero attached hydrogens (tertiary/aromatic N) is 3. The van der Waals surface area contributed by atoms with Gasteiger partial charge in [-0.15, -0.1) is 0 Å². The number of rotatable bonds is 58. The molecule has 0 heterocycles. The van der Waals surface area contributed by atoms with Gasteiger partial charge in [-0.1, -0.05) is 207 Å². The van der Waals surface area contributed by atoms with Crippen LogP contribution < -0.4 is 0 Å². The highest BCUT2D eigenvalue weighted by atomic mass is 16.6. The maximum atomic E-state index is 13.8. The summed E-state index contributed by atoms with van der Waals surface area (Å²) < 4.78 is 33.8. The Morgan fingerprint density at radius 2 is 0.556 bits per heavy atom. The molecule has 0 saturated heterocycles. The van der Waals surface area contributed by atoms with E-state index in [-0.39, 0.29) is 121 Å². The molecule has 0 aliphatic heterocycles. The Hall–Kier alpha value is -3.95. The number of carbonyl (C=O) groups excluding carboxylic acids is 7. The Morgan fingerprint density at radius 1 is 0.296 bits per heavy atom. The molecule has 0 bridgehead atoms. The Kier molecular flexibility index (Phi) is 53.8. The summed E-state index contributed by atoms with van der Waals surface area (Å²) in [6, 6.07) is -0.338. The van der Waals surface area contributed by atoms with Gasteiger partial charge in [0.05, 0.1) is 52.4 Å². The van der Waals surface area contributed by atoms with Gasteiger partial charge in [0.25, 0.3) is 0 Å². The van der Waals surface area contributed by atoms with E-state index < -0.39 is 23.8 Å². The van der Waals surface area contributed by atoms with E-state index in [0.29, 0.717) is 6.54 Å². The fraction of sp³-hybridized carbons (Fsp3) is 0.892. The van der Waals surface area contributed by atoms with E-state index in [1.165, 1.54) is 108 Å². The Balaban J connectivity index is 5.70. The van der Waals surface area contributed by atoms with Gasteiger partial charge in [0.1, 0.15) is 13.2 Å². The second-order valence-electron chi connectivity index (χ2n) is 23.1. The molecule has 81 heavy (non-hydrogen) atoms. The fourth-order valence-corrected chi connectivity index (χ4v) is 9.47. The highest BCUT2D eigenvalue weighted by molar-refractivity contribution is 5.75. The molecule has 16 nitrogen and oxygen atoms in total. The van der Waals surface area contributed by atoms with Crippen LogP contribution in [0.3, 0.4) is 0 Å². The van der Waals surface area contributed by atoms with E-state index in [1.54, 1.807) is 11.9 Å². The maximum Gasteiger partial charge on any atom is 0.319 e. The molecule has 0 aliphatic rings. The van der Waals surface area contributed by atoms with Crippen molar-refractivity contribution in [2.45, 2.75) is 278 Å². The van der Waals surface area contributed by atoms with Gasteiger partial charge in [0.15, 0.2) is 0 Å². The van der Waals surface area contributed by atoms with Gasteiger partial charge in [-0.2, -0.15) is 0 Å². The number of esters is 6. The molecule has 0 fully saturated rings. The number of ether oxygens (including phenoxy) is 6. The molecule has 0 aromatic rings. The first-order chi connectivity index (χ1) is 39.3. The lowest BCUT2D eigenvalue weighted by molar-refractivity contribution is -0.155. The molecule has 0 atom stereocenters. The lowest BCUT2D eigenvalue weighted by atomic mass is 10.1. The third-order valence-corrected chi connectivity index (χ3v) is 14.7. The van der Waals surface area contributed by atoms with Crippen LogP contribution in [0.1, 0.15) is 278 Å². The highest BCUT2D eigenvalue weighted by Gasteiger charge is 2.24. The molecule has 0 spiro atoms. The second-order valence-corrected chi connectivity index (χ2v) is 23.1. The summed E-state index contributed by atoms with van der Waals surface area (Å²) in [5, 5.41) is 0. The minimum Gasteiger partial charge on any atom is -0.465 e. The molecule has 0 aliphatic carbocycles. The van der Waals surface area contributed by atoms with Crippen molar-refractivity contribution in [2.75, 3.05) is 87.0 Å². The van der Waals surface area contributed by atoms with E-state index >= 15 is 0 Å². The standard InChI is InChI=1S/C65H121N3O13/c1-8-12-16-20-24-28-32-36-41-59(69)78-53-57(54-79-60(70)42-37-33-29-25-21-17-13-9-2)51-63(73)76-49-47-68(65(75)67(7)46-40-45-66(5)6)48-50-77-64(74)52-58(55-80-61(71)43-38-34-30-26-22-18-14-10-3)56-81-62(72)44-39-35-31-27-23-19-15-11-4/h57-58H,8-56H2,1-7H3. The molecular formula is C65H121N3O13. The molecule has 0 rings (SSSR count). The lowest BCUT2D eigenvalue weighted by Gasteiger charge is -2.28. The largest absolute Gasteiger partial charge is 0.465 e. The van der Waals surface area contributed by atoms with Crippen LogP contribution in [0, 0.1) is 11.8 Å². The first kappa shape index (κ1) is 77.0. The summed E-state index contributed by atoms with van der Waals surface area (Å²) in [6.07, 6.45) is 36.6. The van der Waals surface area contributed by atoms with Gasteiger partial charge in [0.2, 0.25) is 0 Å². The van der Waals surface area contributed by atoms with Crippen LogP contribution in [0.4, 0.5) is 4.79 Å². The molecule has 0 radical (unpaired) electrons. The third-order valence-electron chi connectivity index (χ3n) is 14.7. The van der Waals surface area contributed by atoms with Crippen LogP contribution >= 0.6 is 0 Å². The van der Waals surface area contributed by atoms with Crippen LogP contribution in [-0.4, -0.2) is 144 Å². The lowest BCUT2D eigenvalue weighted by Crippen LogP contribution is -2.45. The van der Waals surface area contributed by atoms with E-state index in [9.17, 15) is 33.6 Å². The van der Waals surface area contributed by atoms with Gasteiger partial charge in [0, 0.05) is 51.1 Å². The molecule has 0 N–H and O–H groups in total. The van der Waals surface area contributed by atoms with Gasteiger partial charge >= 0.3 is 41.8 Å². The van der Waals surface area contributed by atoms with Gasteiger partial charge in [-0.25, -0.2) is 4.79 Å². The van der Waals surface area contributed by atoms with Crippen molar-refractivity contribution in [3.63, 3.8) is 0 Å². The third kappa shape index (κ3) is 51.4. The molecule has 0 unspecified atom stereocenters. The number of urea groups is 1. The van der Waals surface area contributed by atoms with Crippen molar-refractivity contribution >= 4 is 41.8 Å². The molecule has 0 aromatic heterocycles. The molecular weight excluding hydrogens is 1030 g/mol. The average Bonchev–Trinajstić information content (AvgIpc) is 3.44. The Bertz CT molecular complexity index is 1400. The smallest absolute Gasteiger partial charge is 0.319 e. The first-order valence-electron chi connectivity index (χ1n) is 32.8. The predicted octanol–water partition coefficient (Wildman–Crippen LogP) is 14.7. The first-order valence-corrected chi connectivity index (χ1v) is 32.8. The zero-order chi connectivity index (χ0) is 59.8. The quantitative estimate of drug-likeness (QED) is 0.0318. The predicted molar refractivity (Wildman–Crippen MR) is 324 cm³/mol. The van der Waals surface area contributed by atoms with Crippen LogP contribution in [-0.2, 0) is 57.2 Å². The van der Waals surface area contributed by atoms with Crippen molar-refractivity contribution < 1.29 is 62.0 Å². The summed E-state index contributed by atoms with van der Waals surface area (Å²) in [7, 11) is 5.61. The summed E-state index contributed by atoms with van der Waals surface area (Å²) in [5.41, 5.74) is 0.